The Balaban J connectivity index is 1.20. The molecule has 1 aliphatic carbocycles. The minimum absolute atomic E-state index is 0.00408. The molecule has 1 amide bonds. The van der Waals surface area contributed by atoms with Crippen molar-refractivity contribution < 1.29 is 32.2 Å². The van der Waals surface area contributed by atoms with Crippen molar-refractivity contribution in [1.82, 2.24) is 9.29 Å². The molecule has 0 spiro atoms. The topological polar surface area (TPSA) is 120 Å². The lowest BCUT2D eigenvalue weighted by atomic mass is 9.82. The van der Waals surface area contributed by atoms with E-state index in [9.17, 15) is 27.5 Å². The normalized spacial score (nSPS) is 24.8. The van der Waals surface area contributed by atoms with E-state index in [1.165, 1.54) is 27.5 Å². The number of amides is 1. The number of thiophene rings is 1. The number of halogens is 1. The number of ether oxygens (including phenoxy) is 1. The van der Waals surface area contributed by atoms with Crippen molar-refractivity contribution in [2.24, 2.45) is 5.92 Å². The third-order valence-corrected chi connectivity index (χ3v) is 12.3. The number of rotatable bonds is 7. The number of carbonyl (C=O) groups excluding carboxylic acids is 1. The maximum absolute atomic E-state index is 14.0. The Morgan fingerprint density at radius 1 is 1.07 bits per heavy atom. The number of carboxylic acids is 1. The fourth-order valence-corrected chi connectivity index (χ4v) is 9.48. The van der Waals surface area contributed by atoms with Crippen molar-refractivity contribution >= 4 is 44.7 Å². The van der Waals surface area contributed by atoms with Gasteiger partial charge >= 0.3 is 5.97 Å². The first-order chi connectivity index (χ1) is 21.2. The number of hydrogen-bond donors (Lipinski definition) is 1. The van der Waals surface area contributed by atoms with E-state index in [0.29, 0.717) is 22.9 Å². The number of fused-ring (bicyclic) bond motifs is 2. The van der Waals surface area contributed by atoms with Gasteiger partial charge in [0.2, 0.25) is 15.9 Å². The third kappa shape index (κ3) is 5.29. The summed E-state index contributed by atoms with van der Waals surface area (Å²) in [5, 5.41) is 10.1. The van der Waals surface area contributed by atoms with Gasteiger partial charge in [0.25, 0.3) is 0 Å². The lowest BCUT2D eigenvalue weighted by Crippen LogP contribution is -2.60. The summed E-state index contributed by atoms with van der Waals surface area (Å²) in [6.07, 6.45) is 7.10. The van der Waals surface area contributed by atoms with Crippen LogP contribution in [0, 0.1) is 11.7 Å². The van der Waals surface area contributed by atoms with Crippen LogP contribution in [0.1, 0.15) is 48.2 Å². The second-order valence-electron chi connectivity index (χ2n) is 12.0. The summed E-state index contributed by atoms with van der Waals surface area (Å²) in [4.78, 5) is 35.1. The number of carbonyl (C=O) groups is 2. The number of pyridine rings is 1. The van der Waals surface area contributed by atoms with E-state index < -0.39 is 40.3 Å². The first-order valence-corrected chi connectivity index (χ1v) is 17.2. The number of aromatic carboxylic acids is 1. The Hall–Kier alpha value is -3.39. The predicted molar refractivity (Wildman–Crippen MR) is 163 cm³/mol. The predicted octanol–water partition coefficient (Wildman–Crippen LogP) is 4.61. The van der Waals surface area contributed by atoms with Gasteiger partial charge in [-0.05, 0) is 61.1 Å². The summed E-state index contributed by atoms with van der Waals surface area (Å²) >= 11 is 1.02. The van der Waals surface area contributed by atoms with Gasteiger partial charge in [0.1, 0.15) is 21.4 Å². The van der Waals surface area contributed by atoms with Gasteiger partial charge in [0.15, 0.2) is 0 Å². The number of sulfonamides is 1. The Bertz CT molecular complexity index is 1670. The van der Waals surface area contributed by atoms with E-state index in [1.54, 1.807) is 30.3 Å². The van der Waals surface area contributed by atoms with Crippen molar-refractivity contribution in [3.63, 3.8) is 0 Å². The number of nitrogens with zero attached hydrogens (tertiary/aromatic N) is 4. The molecular formula is C31H33FN4O6S2. The van der Waals surface area contributed by atoms with Gasteiger partial charge in [0, 0.05) is 24.2 Å². The Morgan fingerprint density at radius 3 is 2.48 bits per heavy atom. The molecule has 2 bridgehead atoms. The Labute approximate surface area is 259 Å². The summed E-state index contributed by atoms with van der Waals surface area (Å²) in [5.74, 6) is -1.34. The number of benzene rings is 1. The van der Waals surface area contributed by atoms with Crippen molar-refractivity contribution in [1.29, 1.82) is 0 Å². The molecular weight excluding hydrogens is 607 g/mol. The van der Waals surface area contributed by atoms with E-state index in [0.717, 1.165) is 56.4 Å². The second-order valence-corrected chi connectivity index (χ2v) is 15.0. The van der Waals surface area contributed by atoms with Crippen LogP contribution in [0.5, 0.6) is 0 Å². The highest BCUT2D eigenvalue weighted by Gasteiger charge is 2.45. The summed E-state index contributed by atoms with van der Waals surface area (Å²) in [6.45, 7) is 1.00. The van der Waals surface area contributed by atoms with Crippen LogP contribution in [0.2, 0.25) is 0 Å². The monoisotopic (exact) mass is 640 g/mol. The van der Waals surface area contributed by atoms with Gasteiger partial charge in [-0.25, -0.2) is 22.6 Å². The van der Waals surface area contributed by atoms with Crippen LogP contribution in [-0.4, -0.2) is 79.1 Å². The van der Waals surface area contributed by atoms with Gasteiger partial charge in [-0.1, -0.05) is 31.4 Å². The van der Waals surface area contributed by atoms with Crippen molar-refractivity contribution in [2.75, 3.05) is 36.0 Å². The summed E-state index contributed by atoms with van der Waals surface area (Å²) in [6, 6.07) is 10.4. The Kier molecular flexibility index (Phi) is 7.68. The lowest BCUT2D eigenvalue weighted by molar-refractivity contribution is -0.121. The number of morpholine rings is 1. The highest BCUT2D eigenvalue weighted by Crippen LogP contribution is 2.42. The molecule has 3 aromatic rings. The van der Waals surface area contributed by atoms with Gasteiger partial charge < -0.3 is 19.6 Å². The van der Waals surface area contributed by atoms with E-state index >= 15 is 0 Å². The first kappa shape index (κ1) is 29.3. The minimum Gasteiger partial charge on any atom is -0.477 e. The molecule has 4 aliphatic rings. The van der Waals surface area contributed by atoms with Gasteiger partial charge in [-0.15, -0.1) is 11.3 Å². The molecule has 13 heteroatoms. The van der Waals surface area contributed by atoms with Crippen molar-refractivity contribution in [2.45, 2.75) is 61.6 Å². The zero-order chi connectivity index (χ0) is 30.6. The molecule has 1 saturated carbocycles. The van der Waals surface area contributed by atoms with Gasteiger partial charge in [-0.2, -0.15) is 4.31 Å². The molecule has 2 unspecified atom stereocenters. The fraction of sp³-hybridized carbons (Fsp3) is 0.452. The number of piperazine rings is 1. The molecule has 5 heterocycles. The zero-order valence-corrected chi connectivity index (χ0v) is 25.6. The maximum atomic E-state index is 14.0. The van der Waals surface area contributed by atoms with Crippen LogP contribution in [0.3, 0.4) is 0 Å². The number of hydrogen-bond acceptors (Lipinski definition) is 8. The van der Waals surface area contributed by atoms with Crippen LogP contribution in [0.4, 0.5) is 15.9 Å². The molecule has 10 nitrogen and oxygen atoms in total. The standard InChI is InChI=1S/C31H33FN4O6S2/c32-21-8-6-20(7-9-21)27-13-25(30(43-27)31(38)39)36-26(19-4-2-1-3-5-19)16-34(17-29(36)37)44(40,41)24-10-11-28(33-14-24)35-15-23-12-22(35)18-42-23/h6-11,13-14,19,22-23,26H,1-5,12,15-18H2,(H,38,39)/t22?,23-,26?/m1/s1. The van der Waals surface area contributed by atoms with Crippen LogP contribution in [0.15, 0.2) is 53.6 Å². The minimum atomic E-state index is -4.06. The van der Waals surface area contributed by atoms with Gasteiger partial charge in [-0.3, -0.25) is 4.79 Å². The molecule has 3 saturated heterocycles. The fourth-order valence-electron chi connectivity index (χ4n) is 7.14. The molecule has 1 aromatic carbocycles. The average molecular weight is 641 g/mol. The van der Waals surface area contributed by atoms with Crippen LogP contribution >= 0.6 is 11.3 Å². The molecule has 44 heavy (non-hydrogen) atoms. The average Bonchev–Trinajstić information content (AvgIpc) is 3.78. The molecule has 4 fully saturated rings. The molecule has 232 valence electrons. The summed E-state index contributed by atoms with van der Waals surface area (Å²) < 4.78 is 48.3. The van der Waals surface area contributed by atoms with Crippen LogP contribution in [-0.2, 0) is 19.6 Å². The molecule has 1 N–H and O–H groups in total. The smallest absolute Gasteiger partial charge is 0.348 e. The van der Waals surface area contributed by atoms with E-state index in [1.807, 2.05) is 0 Å². The van der Waals surface area contributed by atoms with Crippen molar-refractivity contribution in [3.05, 3.63) is 59.4 Å². The molecule has 3 atom stereocenters. The van der Waals surface area contributed by atoms with Crippen LogP contribution < -0.4 is 9.80 Å². The lowest BCUT2D eigenvalue weighted by Gasteiger charge is -2.44. The largest absolute Gasteiger partial charge is 0.477 e. The number of carboxylic acid groups (broad SMARTS) is 1. The van der Waals surface area contributed by atoms with Gasteiger partial charge in [0.05, 0.1) is 37.0 Å². The van der Waals surface area contributed by atoms with Crippen LogP contribution in [0.25, 0.3) is 10.4 Å². The summed E-state index contributed by atoms with van der Waals surface area (Å²) in [5.41, 5.74) is 0.896. The van der Waals surface area contributed by atoms with E-state index in [-0.39, 0.29) is 40.1 Å². The molecule has 3 aliphatic heterocycles. The van der Waals surface area contributed by atoms with Crippen molar-refractivity contribution in [3.8, 4) is 10.4 Å². The SMILES string of the molecule is O=C(O)c1sc(-c2ccc(F)cc2)cc1N1C(=O)CN(S(=O)(=O)c2ccc(N3C[C@H]4CC3CO4)nc2)CC1C1CCCCC1. The highest BCUT2D eigenvalue weighted by atomic mass is 32.2. The number of aromatic nitrogens is 1. The zero-order valence-electron chi connectivity index (χ0n) is 24.0. The third-order valence-electron chi connectivity index (χ3n) is 9.34. The first-order valence-electron chi connectivity index (χ1n) is 15.0. The molecule has 2 aromatic heterocycles. The summed E-state index contributed by atoms with van der Waals surface area (Å²) in [7, 11) is -4.06. The quantitative estimate of drug-likeness (QED) is 0.398. The maximum Gasteiger partial charge on any atom is 0.348 e. The molecule has 0 radical (unpaired) electrons. The van der Waals surface area contributed by atoms with E-state index in [2.05, 4.69) is 9.88 Å². The molecule has 7 rings (SSSR count). The number of anilines is 2. The Morgan fingerprint density at radius 2 is 1.84 bits per heavy atom. The van der Waals surface area contributed by atoms with E-state index in [4.69, 9.17) is 4.74 Å². The highest BCUT2D eigenvalue weighted by molar-refractivity contribution is 7.89. The second kappa shape index (κ2) is 11.5.